The maximum absolute atomic E-state index is 6.41. The molecule has 1 nitrogen and oxygen atoms in total. The van der Waals surface area contributed by atoms with Gasteiger partial charge in [-0.05, 0) is 23.5 Å². The second-order valence-electron chi connectivity index (χ2n) is 5.57. The van der Waals surface area contributed by atoms with Crippen molar-refractivity contribution in [1.29, 1.82) is 0 Å². The van der Waals surface area contributed by atoms with Gasteiger partial charge in [-0.3, -0.25) is 0 Å². The van der Waals surface area contributed by atoms with Gasteiger partial charge in [0.1, 0.15) is 0 Å². The number of rotatable bonds is 6. The van der Waals surface area contributed by atoms with Gasteiger partial charge in [-0.1, -0.05) is 67.4 Å². The number of halogens is 2. The molecule has 102 valence electrons. The van der Waals surface area contributed by atoms with Crippen LogP contribution >= 0.6 is 27.5 Å². The molecule has 1 rings (SSSR count). The van der Waals surface area contributed by atoms with E-state index < -0.39 is 0 Å². The van der Waals surface area contributed by atoms with Crippen LogP contribution in [0.5, 0.6) is 0 Å². The van der Waals surface area contributed by atoms with Crippen molar-refractivity contribution in [2.24, 2.45) is 11.8 Å². The predicted octanol–water partition coefficient (Wildman–Crippen LogP) is 5.35. The van der Waals surface area contributed by atoms with Crippen LogP contribution in [0, 0.1) is 11.8 Å². The smallest absolute Gasteiger partial charge is 0.0642 e. The standard InChI is InChI=1S/C15H23BrClN/c1-11(2)9-18(10-12(3)4)15-13(8-16)6-5-7-14(15)17/h5-7,11-12H,8-10H2,1-4H3. The zero-order chi connectivity index (χ0) is 13.7. The number of alkyl halides is 1. The third-order valence-electron chi connectivity index (χ3n) is 2.70. The van der Waals surface area contributed by atoms with Gasteiger partial charge in [-0.25, -0.2) is 0 Å². The first-order valence-electron chi connectivity index (χ1n) is 6.54. The Kier molecular flexibility index (Phi) is 6.51. The fourth-order valence-electron chi connectivity index (χ4n) is 2.16. The lowest BCUT2D eigenvalue weighted by Gasteiger charge is -2.31. The average molecular weight is 333 g/mol. The summed E-state index contributed by atoms with van der Waals surface area (Å²) in [5, 5.41) is 1.70. The molecule has 0 spiro atoms. The summed E-state index contributed by atoms with van der Waals surface area (Å²) in [7, 11) is 0. The molecular weight excluding hydrogens is 310 g/mol. The molecule has 0 amide bonds. The van der Waals surface area contributed by atoms with E-state index in [2.05, 4.69) is 54.6 Å². The first-order valence-corrected chi connectivity index (χ1v) is 8.04. The quantitative estimate of drug-likeness (QED) is 0.634. The lowest BCUT2D eigenvalue weighted by Crippen LogP contribution is -2.32. The molecule has 18 heavy (non-hydrogen) atoms. The van der Waals surface area contributed by atoms with Crippen LogP contribution in [0.4, 0.5) is 5.69 Å². The zero-order valence-electron chi connectivity index (χ0n) is 11.7. The van der Waals surface area contributed by atoms with E-state index in [0.717, 1.165) is 23.4 Å². The minimum absolute atomic E-state index is 0.628. The molecule has 0 heterocycles. The number of hydrogen-bond donors (Lipinski definition) is 0. The summed E-state index contributed by atoms with van der Waals surface area (Å²) in [4.78, 5) is 2.42. The maximum Gasteiger partial charge on any atom is 0.0642 e. The SMILES string of the molecule is CC(C)CN(CC(C)C)c1c(Cl)cccc1CBr. The zero-order valence-corrected chi connectivity index (χ0v) is 14.1. The van der Waals surface area contributed by atoms with Crippen molar-refractivity contribution in [3.63, 3.8) is 0 Å². The first kappa shape index (κ1) is 15.8. The van der Waals surface area contributed by atoms with E-state index in [1.165, 1.54) is 11.3 Å². The molecule has 0 saturated carbocycles. The molecular formula is C15H23BrClN. The van der Waals surface area contributed by atoms with E-state index in [1.54, 1.807) is 0 Å². The van der Waals surface area contributed by atoms with Crippen molar-refractivity contribution in [3.8, 4) is 0 Å². The molecule has 0 aliphatic rings. The van der Waals surface area contributed by atoms with Gasteiger partial charge in [0.25, 0.3) is 0 Å². The van der Waals surface area contributed by atoms with Gasteiger partial charge in [0.15, 0.2) is 0 Å². The fraction of sp³-hybridized carbons (Fsp3) is 0.600. The third-order valence-corrected chi connectivity index (χ3v) is 3.61. The summed E-state index contributed by atoms with van der Waals surface area (Å²) in [6, 6.07) is 6.14. The minimum atomic E-state index is 0.628. The van der Waals surface area contributed by atoms with Crippen molar-refractivity contribution in [2.45, 2.75) is 33.0 Å². The predicted molar refractivity (Wildman–Crippen MR) is 86.0 cm³/mol. The molecule has 0 N–H and O–H groups in total. The van der Waals surface area contributed by atoms with E-state index in [4.69, 9.17) is 11.6 Å². The molecule has 0 aliphatic heterocycles. The summed E-state index contributed by atoms with van der Waals surface area (Å²) >= 11 is 9.97. The van der Waals surface area contributed by atoms with Gasteiger partial charge in [0.05, 0.1) is 10.7 Å². The Morgan fingerprint density at radius 1 is 1.11 bits per heavy atom. The van der Waals surface area contributed by atoms with Crippen LogP contribution in [0.3, 0.4) is 0 Å². The monoisotopic (exact) mass is 331 g/mol. The highest BCUT2D eigenvalue weighted by atomic mass is 79.9. The van der Waals surface area contributed by atoms with Crippen molar-refractivity contribution in [3.05, 3.63) is 28.8 Å². The van der Waals surface area contributed by atoms with Crippen LogP contribution < -0.4 is 4.90 Å². The second-order valence-corrected chi connectivity index (χ2v) is 6.54. The van der Waals surface area contributed by atoms with Gasteiger partial charge in [-0.2, -0.15) is 0 Å². The lowest BCUT2D eigenvalue weighted by atomic mass is 10.1. The highest BCUT2D eigenvalue weighted by Crippen LogP contribution is 2.32. The minimum Gasteiger partial charge on any atom is -0.370 e. The van der Waals surface area contributed by atoms with Gasteiger partial charge < -0.3 is 4.90 Å². The van der Waals surface area contributed by atoms with E-state index in [0.29, 0.717) is 11.8 Å². The van der Waals surface area contributed by atoms with E-state index in [9.17, 15) is 0 Å². The molecule has 0 saturated heterocycles. The van der Waals surface area contributed by atoms with Crippen LogP contribution in [0.1, 0.15) is 33.3 Å². The molecule has 0 aliphatic carbocycles. The molecule has 1 aromatic rings. The van der Waals surface area contributed by atoms with E-state index >= 15 is 0 Å². The Hall–Kier alpha value is -0.210. The Bertz CT molecular complexity index is 367. The molecule has 0 atom stereocenters. The summed E-state index contributed by atoms with van der Waals surface area (Å²) in [5.41, 5.74) is 2.46. The first-order chi connectivity index (χ1) is 8.45. The molecule has 0 aromatic heterocycles. The number of anilines is 1. The van der Waals surface area contributed by atoms with Gasteiger partial charge in [0, 0.05) is 18.4 Å². The normalized spacial score (nSPS) is 11.3. The Balaban J connectivity index is 3.10. The average Bonchev–Trinajstić information content (AvgIpc) is 2.26. The summed E-state index contributed by atoms with van der Waals surface area (Å²) in [5.74, 6) is 1.26. The molecule has 3 heteroatoms. The molecule has 0 unspecified atom stereocenters. The highest BCUT2D eigenvalue weighted by molar-refractivity contribution is 9.08. The summed E-state index contributed by atoms with van der Waals surface area (Å²) < 4.78 is 0. The largest absolute Gasteiger partial charge is 0.370 e. The Morgan fingerprint density at radius 2 is 1.67 bits per heavy atom. The molecule has 1 aromatic carbocycles. The number of nitrogens with zero attached hydrogens (tertiary/aromatic N) is 1. The topological polar surface area (TPSA) is 3.24 Å². The van der Waals surface area contributed by atoms with Gasteiger partial charge in [-0.15, -0.1) is 0 Å². The number of hydrogen-bond acceptors (Lipinski definition) is 1. The number of benzene rings is 1. The molecule has 0 bridgehead atoms. The van der Waals surface area contributed by atoms with Crippen molar-refractivity contribution in [1.82, 2.24) is 0 Å². The van der Waals surface area contributed by atoms with E-state index in [-0.39, 0.29) is 0 Å². The van der Waals surface area contributed by atoms with Crippen LogP contribution in [0.25, 0.3) is 0 Å². The van der Waals surface area contributed by atoms with Crippen molar-refractivity contribution < 1.29 is 0 Å². The third kappa shape index (κ3) is 4.47. The Labute approximate surface area is 125 Å². The summed E-state index contributed by atoms with van der Waals surface area (Å²) in [6.07, 6.45) is 0. The fourth-order valence-corrected chi connectivity index (χ4v) is 2.93. The van der Waals surface area contributed by atoms with Crippen molar-refractivity contribution in [2.75, 3.05) is 18.0 Å². The number of para-hydroxylation sites is 1. The summed E-state index contributed by atoms with van der Waals surface area (Å²) in [6.45, 7) is 11.1. The van der Waals surface area contributed by atoms with Crippen LogP contribution in [-0.2, 0) is 5.33 Å². The molecule has 0 fully saturated rings. The highest BCUT2D eigenvalue weighted by Gasteiger charge is 2.16. The maximum atomic E-state index is 6.41. The molecule has 0 radical (unpaired) electrons. The van der Waals surface area contributed by atoms with Crippen LogP contribution in [0.2, 0.25) is 5.02 Å². The Morgan fingerprint density at radius 3 is 2.11 bits per heavy atom. The van der Waals surface area contributed by atoms with Crippen LogP contribution in [0.15, 0.2) is 18.2 Å². The van der Waals surface area contributed by atoms with Gasteiger partial charge in [0.2, 0.25) is 0 Å². The van der Waals surface area contributed by atoms with Crippen molar-refractivity contribution >= 4 is 33.2 Å². The lowest BCUT2D eigenvalue weighted by molar-refractivity contribution is 0.552. The second kappa shape index (κ2) is 7.40. The van der Waals surface area contributed by atoms with E-state index in [1.807, 2.05) is 12.1 Å². The van der Waals surface area contributed by atoms with Gasteiger partial charge >= 0.3 is 0 Å². The van der Waals surface area contributed by atoms with Crippen LogP contribution in [-0.4, -0.2) is 13.1 Å².